The van der Waals surface area contributed by atoms with Crippen LogP contribution < -0.4 is 11.1 Å². The Hall–Kier alpha value is -2.30. The summed E-state index contributed by atoms with van der Waals surface area (Å²) in [5, 5.41) is 2.65. The zero-order valence-corrected chi connectivity index (χ0v) is 9.98. The lowest BCUT2D eigenvalue weighted by atomic mass is 10.2. The van der Waals surface area contributed by atoms with Crippen molar-refractivity contribution in [3.05, 3.63) is 53.6 Å². The van der Waals surface area contributed by atoms with Crippen molar-refractivity contribution in [1.82, 2.24) is 9.88 Å². The number of aromatic nitrogens is 1. The largest absolute Gasteiger partial charge is 0.397 e. The summed E-state index contributed by atoms with van der Waals surface area (Å²) in [4.78, 5) is 11.9. The molecule has 1 amide bonds. The van der Waals surface area contributed by atoms with Crippen molar-refractivity contribution in [3.63, 3.8) is 0 Å². The molecule has 4 nitrogen and oxygen atoms in total. The number of halogens is 1. The highest BCUT2D eigenvalue weighted by Crippen LogP contribution is 2.10. The van der Waals surface area contributed by atoms with E-state index in [1.54, 1.807) is 42.1 Å². The van der Waals surface area contributed by atoms with Crippen LogP contribution in [0.1, 0.15) is 16.1 Å². The van der Waals surface area contributed by atoms with Gasteiger partial charge in [0.1, 0.15) is 11.5 Å². The van der Waals surface area contributed by atoms with Gasteiger partial charge in [-0.25, -0.2) is 4.39 Å². The maximum absolute atomic E-state index is 13.3. The number of carbonyl (C=O) groups is 1. The molecule has 5 heteroatoms. The van der Waals surface area contributed by atoms with E-state index in [0.29, 0.717) is 16.9 Å². The van der Waals surface area contributed by atoms with Crippen LogP contribution >= 0.6 is 0 Å². The summed E-state index contributed by atoms with van der Waals surface area (Å²) in [7, 11) is 1.73. The molecule has 0 aliphatic carbocycles. The fourth-order valence-corrected chi connectivity index (χ4v) is 1.72. The number of nitrogens with one attached hydrogen (secondary N) is 1. The number of anilines is 1. The third-order valence-electron chi connectivity index (χ3n) is 2.66. The van der Waals surface area contributed by atoms with Crippen molar-refractivity contribution < 1.29 is 9.18 Å². The number of benzene rings is 1. The Labute approximate surface area is 104 Å². The number of carbonyl (C=O) groups excluding carboxylic acids is 1. The van der Waals surface area contributed by atoms with Gasteiger partial charge in [-0.2, -0.15) is 0 Å². The summed E-state index contributed by atoms with van der Waals surface area (Å²) in [6.45, 7) is 0.149. The van der Waals surface area contributed by atoms with Crippen molar-refractivity contribution in [2.24, 2.45) is 7.05 Å². The van der Waals surface area contributed by atoms with E-state index >= 15 is 0 Å². The number of nitrogens with two attached hydrogens (primary N) is 1. The SMILES string of the molecule is Cn1cc(N)cc1C(=O)NCc1ccccc1F. The van der Waals surface area contributed by atoms with Crippen LogP contribution in [-0.4, -0.2) is 10.5 Å². The molecule has 0 fully saturated rings. The van der Waals surface area contributed by atoms with Gasteiger partial charge in [-0.3, -0.25) is 4.79 Å². The van der Waals surface area contributed by atoms with Crippen LogP contribution in [-0.2, 0) is 13.6 Å². The molecule has 0 unspecified atom stereocenters. The molecule has 0 saturated heterocycles. The highest BCUT2D eigenvalue weighted by atomic mass is 19.1. The summed E-state index contributed by atoms with van der Waals surface area (Å²) in [6.07, 6.45) is 1.65. The molecule has 0 radical (unpaired) electrons. The minimum Gasteiger partial charge on any atom is -0.397 e. The Morgan fingerprint density at radius 2 is 2.17 bits per heavy atom. The summed E-state index contributed by atoms with van der Waals surface area (Å²) >= 11 is 0. The van der Waals surface area contributed by atoms with Gasteiger partial charge in [-0.15, -0.1) is 0 Å². The number of hydrogen-bond acceptors (Lipinski definition) is 2. The van der Waals surface area contributed by atoms with Crippen LogP contribution in [0.5, 0.6) is 0 Å². The summed E-state index contributed by atoms with van der Waals surface area (Å²) in [5.41, 5.74) is 7.01. The predicted molar refractivity (Wildman–Crippen MR) is 67.4 cm³/mol. The lowest BCUT2D eigenvalue weighted by molar-refractivity contribution is 0.0942. The molecule has 94 valence electrons. The first-order valence-corrected chi connectivity index (χ1v) is 5.51. The molecule has 1 aromatic heterocycles. The first kappa shape index (κ1) is 12.2. The van der Waals surface area contributed by atoms with E-state index in [0.717, 1.165) is 0 Å². The van der Waals surface area contributed by atoms with E-state index < -0.39 is 0 Å². The summed E-state index contributed by atoms with van der Waals surface area (Å²) in [6, 6.07) is 7.91. The van der Waals surface area contributed by atoms with Crippen molar-refractivity contribution in [2.45, 2.75) is 6.54 Å². The average molecular weight is 247 g/mol. The highest BCUT2D eigenvalue weighted by molar-refractivity contribution is 5.93. The first-order chi connectivity index (χ1) is 8.58. The van der Waals surface area contributed by atoms with Crippen LogP contribution in [0.3, 0.4) is 0 Å². The molecular formula is C13H14FN3O. The third kappa shape index (κ3) is 2.51. The maximum Gasteiger partial charge on any atom is 0.268 e. The van der Waals surface area contributed by atoms with E-state index in [2.05, 4.69) is 5.32 Å². The summed E-state index contributed by atoms with van der Waals surface area (Å²) in [5.74, 6) is -0.610. The molecule has 2 aromatic rings. The molecule has 0 bridgehead atoms. The Morgan fingerprint density at radius 3 is 2.78 bits per heavy atom. The highest BCUT2D eigenvalue weighted by Gasteiger charge is 2.11. The van der Waals surface area contributed by atoms with Gasteiger partial charge in [0.2, 0.25) is 0 Å². The van der Waals surface area contributed by atoms with Crippen molar-refractivity contribution >= 4 is 11.6 Å². The fourth-order valence-electron chi connectivity index (χ4n) is 1.72. The van der Waals surface area contributed by atoms with Gasteiger partial charge in [0, 0.05) is 25.4 Å². The van der Waals surface area contributed by atoms with Crippen molar-refractivity contribution in [2.75, 3.05) is 5.73 Å². The van der Waals surface area contributed by atoms with Gasteiger partial charge < -0.3 is 15.6 Å². The molecule has 0 aliphatic rings. The van der Waals surface area contributed by atoms with Gasteiger partial charge in [-0.05, 0) is 12.1 Å². The molecule has 0 aliphatic heterocycles. The topological polar surface area (TPSA) is 60.0 Å². The average Bonchev–Trinajstić information content (AvgIpc) is 2.67. The first-order valence-electron chi connectivity index (χ1n) is 5.51. The van der Waals surface area contributed by atoms with Crippen molar-refractivity contribution in [1.29, 1.82) is 0 Å². The quantitative estimate of drug-likeness (QED) is 0.866. The standard InChI is InChI=1S/C13H14FN3O/c1-17-8-10(15)6-12(17)13(18)16-7-9-4-2-3-5-11(9)14/h2-6,8H,7,15H2,1H3,(H,16,18). The Kier molecular flexibility index (Phi) is 3.32. The lowest BCUT2D eigenvalue weighted by Gasteiger charge is -2.06. The van der Waals surface area contributed by atoms with Crippen molar-refractivity contribution in [3.8, 4) is 0 Å². The second-order valence-electron chi connectivity index (χ2n) is 4.04. The second kappa shape index (κ2) is 4.91. The van der Waals surface area contributed by atoms with E-state index in [1.807, 2.05) is 0 Å². The van der Waals surface area contributed by atoms with Crippen LogP contribution in [0.15, 0.2) is 36.5 Å². The molecule has 0 atom stereocenters. The Bertz CT molecular complexity index is 577. The zero-order valence-electron chi connectivity index (χ0n) is 9.98. The van der Waals surface area contributed by atoms with Gasteiger partial charge in [0.15, 0.2) is 0 Å². The fraction of sp³-hybridized carbons (Fsp3) is 0.154. The van der Waals surface area contributed by atoms with Crippen LogP contribution in [0, 0.1) is 5.82 Å². The normalized spacial score (nSPS) is 10.3. The minimum atomic E-state index is -0.329. The molecule has 0 spiro atoms. The van der Waals surface area contributed by atoms with E-state index in [9.17, 15) is 9.18 Å². The minimum absolute atomic E-state index is 0.149. The molecule has 18 heavy (non-hydrogen) atoms. The molecular weight excluding hydrogens is 233 g/mol. The smallest absolute Gasteiger partial charge is 0.268 e. The monoisotopic (exact) mass is 247 g/mol. The number of rotatable bonds is 3. The number of nitrogen functional groups attached to an aromatic ring is 1. The number of hydrogen-bond donors (Lipinski definition) is 2. The molecule has 2 rings (SSSR count). The predicted octanol–water partition coefficient (Wildman–Crippen LogP) is 1.68. The maximum atomic E-state index is 13.3. The molecule has 1 aromatic carbocycles. The third-order valence-corrected chi connectivity index (χ3v) is 2.66. The Morgan fingerprint density at radius 1 is 1.44 bits per heavy atom. The molecule has 0 saturated carbocycles. The van der Waals surface area contributed by atoms with E-state index in [1.165, 1.54) is 6.07 Å². The zero-order chi connectivity index (χ0) is 13.1. The molecule has 3 N–H and O–H groups in total. The van der Waals surface area contributed by atoms with Gasteiger partial charge in [-0.1, -0.05) is 18.2 Å². The van der Waals surface area contributed by atoms with Gasteiger partial charge in [0.25, 0.3) is 5.91 Å². The second-order valence-corrected chi connectivity index (χ2v) is 4.04. The Balaban J connectivity index is 2.05. The number of amides is 1. The number of nitrogens with zero attached hydrogens (tertiary/aromatic N) is 1. The van der Waals surface area contributed by atoms with E-state index in [4.69, 9.17) is 5.73 Å². The summed E-state index contributed by atoms with van der Waals surface area (Å²) < 4.78 is 15.0. The van der Waals surface area contributed by atoms with E-state index in [-0.39, 0.29) is 18.3 Å². The van der Waals surface area contributed by atoms with Gasteiger partial charge in [0.05, 0.1) is 5.69 Å². The van der Waals surface area contributed by atoms with Gasteiger partial charge >= 0.3 is 0 Å². The van der Waals surface area contributed by atoms with Crippen LogP contribution in [0.25, 0.3) is 0 Å². The number of aryl methyl sites for hydroxylation is 1. The van der Waals surface area contributed by atoms with Crippen LogP contribution in [0.2, 0.25) is 0 Å². The lowest BCUT2D eigenvalue weighted by Crippen LogP contribution is -2.25. The molecule has 1 heterocycles. The van der Waals surface area contributed by atoms with Crippen LogP contribution in [0.4, 0.5) is 10.1 Å².